The third-order valence-corrected chi connectivity index (χ3v) is 7.02. The van der Waals surface area contributed by atoms with Gasteiger partial charge < -0.3 is 9.64 Å². The molecule has 5 nitrogen and oxygen atoms in total. The van der Waals surface area contributed by atoms with E-state index in [1.807, 2.05) is 4.90 Å². The zero-order chi connectivity index (χ0) is 19.6. The van der Waals surface area contributed by atoms with E-state index in [1.165, 1.54) is 10.4 Å². The predicted molar refractivity (Wildman–Crippen MR) is 110 cm³/mol. The molecule has 0 aromatic heterocycles. The summed E-state index contributed by atoms with van der Waals surface area (Å²) in [4.78, 5) is 2.12. The molecule has 0 unspecified atom stereocenters. The van der Waals surface area contributed by atoms with E-state index >= 15 is 0 Å². The average Bonchev–Trinajstić information content (AvgIpc) is 2.65. The number of ether oxygens (including phenoxy) is 1. The molecule has 0 bridgehead atoms. The molecule has 2 aromatic carbocycles. The maximum absolute atomic E-state index is 13.1. The fourth-order valence-electron chi connectivity index (χ4n) is 2.99. The summed E-state index contributed by atoms with van der Waals surface area (Å²) in [6.45, 7) is 3.82. The maximum atomic E-state index is 13.1. The van der Waals surface area contributed by atoms with E-state index in [0.717, 1.165) is 5.69 Å². The topological polar surface area (TPSA) is 49.9 Å². The van der Waals surface area contributed by atoms with Crippen LogP contribution in [0.2, 0.25) is 15.1 Å². The number of benzene rings is 2. The van der Waals surface area contributed by atoms with Gasteiger partial charge in [0.25, 0.3) is 0 Å². The van der Waals surface area contributed by atoms with E-state index in [2.05, 4.69) is 0 Å². The molecule has 0 N–H and O–H groups in total. The van der Waals surface area contributed by atoms with Crippen molar-refractivity contribution in [3.8, 4) is 5.75 Å². The smallest absolute Gasteiger partial charge is 0.246 e. The summed E-state index contributed by atoms with van der Waals surface area (Å²) >= 11 is 18.3. The van der Waals surface area contributed by atoms with Crippen LogP contribution >= 0.6 is 34.8 Å². The lowest BCUT2D eigenvalue weighted by molar-refractivity contribution is 0.327. The molecular formula is C18H19Cl3N2O3S. The molecule has 0 spiro atoms. The van der Waals surface area contributed by atoms with Crippen LogP contribution in [0, 0.1) is 0 Å². The van der Waals surface area contributed by atoms with Crippen molar-refractivity contribution in [3.63, 3.8) is 0 Å². The van der Waals surface area contributed by atoms with Crippen LogP contribution < -0.4 is 9.64 Å². The van der Waals surface area contributed by atoms with Crippen molar-refractivity contribution >= 4 is 50.5 Å². The number of rotatable bonds is 5. The molecule has 1 aliphatic heterocycles. The van der Waals surface area contributed by atoms with Gasteiger partial charge in [-0.3, -0.25) is 0 Å². The molecule has 3 rings (SSSR count). The van der Waals surface area contributed by atoms with Crippen LogP contribution in [-0.4, -0.2) is 45.5 Å². The van der Waals surface area contributed by atoms with Gasteiger partial charge in [-0.25, -0.2) is 8.42 Å². The number of nitrogens with zero attached hydrogens (tertiary/aromatic N) is 2. The van der Waals surface area contributed by atoms with Crippen LogP contribution in [0.5, 0.6) is 5.75 Å². The van der Waals surface area contributed by atoms with Crippen molar-refractivity contribution in [2.24, 2.45) is 0 Å². The van der Waals surface area contributed by atoms with Gasteiger partial charge in [0, 0.05) is 36.2 Å². The molecule has 0 amide bonds. The minimum atomic E-state index is -3.72. The zero-order valence-electron chi connectivity index (χ0n) is 14.7. The molecule has 27 heavy (non-hydrogen) atoms. The minimum Gasteiger partial charge on any atom is -0.492 e. The van der Waals surface area contributed by atoms with Gasteiger partial charge in [0.2, 0.25) is 10.0 Å². The van der Waals surface area contributed by atoms with Crippen LogP contribution in [-0.2, 0) is 10.0 Å². The quantitative estimate of drug-likeness (QED) is 0.671. The predicted octanol–water partition coefficient (Wildman–Crippen LogP) is 4.56. The van der Waals surface area contributed by atoms with E-state index in [9.17, 15) is 8.42 Å². The van der Waals surface area contributed by atoms with Crippen molar-refractivity contribution in [2.75, 3.05) is 37.7 Å². The molecule has 2 aromatic rings. The first kappa shape index (κ1) is 20.6. The van der Waals surface area contributed by atoms with Gasteiger partial charge in [-0.1, -0.05) is 34.8 Å². The minimum absolute atomic E-state index is 0.0890. The van der Waals surface area contributed by atoms with E-state index in [0.29, 0.717) is 53.6 Å². The molecule has 0 radical (unpaired) electrons. The number of piperazine rings is 1. The highest BCUT2D eigenvalue weighted by atomic mass is 35.5. The van der Waals surface area contributed by atoms with Gasteiger partial charge in [0.15, 0.2) is 0 Å². The van der Waals surface area contributed by atoms with Gasteiger partial charge in [-0.15, -0.1) is 0 Å². The second-order valence-corrected chi connectivity index (χ2v) is 9.20. The van der Waals surface area contributed by atoms with Gasteiger partial charge in [0.1, 0.15) is 10.6 Å². The first-order chi connectivity index (χ1) is 12.8. The van der Waals surface area contributed by atoms with Crippen LogP contribution in [0.25, 0.3) is 0 Å². The number of hydrogen-bond acceptors (Lipinski definition) is 4. The number of hydrogen-bond donors (Lipinski definition) is 0. The monoisotopic (exact) mass is 448 g/mol. The average molecular weight is 450 g/mol. The third-order valence-electron chi connectivity index (χ3n) is 4.31. The van der Waals surface area contributed by atoms with Crippen LogP contribution in [0.15, 0.2) is 41.3 Å². The maximum Gasteiger partial charge on any atom is 0.246 e. The lowest BCUT2D eigenvalue weighted by atomic mass is 10.2. The third kappa shape index (κ3) is 4.46. The van der Waals surface area contributed by atoms with Crippen LogP contribution in [0.3, 0.4) is 0 Å². The second-order valence-electron chi connectivity index (χ2n) is 6.01. The summed E-state index contributed by atoms with van der Waals surface area (Å²) in [6.07, 6.45) is 0. The molecule has 0 saturated carbocycles. The Kier molecular flexibility index (Phi) is 6.43. The Bertz CT molecular complexity index is 929. The molecule has 0 aliphatic carbocycles. The molecular weight excluding hydrogens is 431 g/mol. The first-order valence-corrected chi connectivity index (χ1v) is 11.0. The van der Waals surface area contributed by atoms with Crippen molar-refractivity contribution in [3.05, 3.63) is 51.5 Å². The summed E-state index contributed by atoms with van der Waals surface area (Å²) < 4.78 is 33.2. The molecule has 146 valence electrons. The first-order valence-electron chi connectivity index (χ1n) is 8.45. The van der Waals surface area contributed by atoms with Gasteiger partial charge in [0.05, 0.1) is 17.3 Å². The number of halogens is 3. The Morgan fingerprint density at radius 3 is 2.26 bits per heavy atom. The Balaban J connectivity index is 1.81. The summed E-state index contributed by atoms with van der Waals surface area (Å²) in [5, 5.41) is 1.52. The summed E-state index contributed by atoms with van der Waals surface area (Å²) in [5.41, 5.74) is 0.805. The van der Waals surface area contributed by atoms with Crippen molar-refractivity contribution in [1.82, 2.24) is 4.31 Å². The van der Waals surface area contributed by atoms with Crippen molar-refractivity contribution in [1.29, 1.82) is 0 Å². The summed E-state index contributed by atoms with van der Waals surface area (Å²) in [5.74, 6) is 0.308. The van der Waals surface area contributed by atoms with Crippen LogP contribution in [0.1, 0.15) is 6.92 Å². The van der Waals surface area contributed by atoms with E-state index in [4.69, 9.17) is 39.5 Å². The Morgan fingerprint density at radius 1 is 0.963 bits per heavy atom. The molecule has 1 heterocycles. The van der Waals surface area contributed by atoms with Gasteiger partial charge in [-0.2, -0.15) is 4.31 Å². The fourth-order valence-corrected chi connectivity index (χ4v) is 5.21. The SMILES string of the molecule is CCOc1ccc(Cl)cc1S(=O)(=O)N1CCN(c2cc(Cl)ccc2Cl)CC1. The normalized spacial score (nSPS) is 15.8. The van der Waals surface area contributed by atoms with E-state index in [-0.39, 0.29) is 4.90 Å². The molecule has 1 saturated heterocycles. The Hall–Kier alpha value is -1.18. The summed E-state index contributed by atoms with van der Waals surface area (Å²) in [7, 11) is -3.72. The van der Waals surface area contributed by atoms with Crippen LogP contribution in [0.4, 0.5) is 5.69 Å². The number of anilines is 1. The van der Waals surface area contributed by atoms with E-state index < -0.39 is 10.0 Å². The van der Waals surface area contributed by atoms with Gasteiger partial charge >= 0.3 is 0 Å². The number of sulfonamides is 1. The lowest BCUT2D eigenvalue weighted by Gasteiger charge is -2.36. The highest BCUT2D eigenvalue weighted by Crippen LogP contribution is 2.33. The Morgan fingerprint density at radius 2 is 1.59 bits per heavy atom. The molecule has 0 atom stereocenters. The lowest BCUT2D eigenvalue weighted by Crippen LogP contribution is -2.48. The second kappa shape index (κ2) is 8.45. The largest absolute Gasteiger partial charge is 0.492 e. The highest BCUT2D eigenvalue weighted by molar-refractivity contribution is 7.89. The summed E-state index contributed by atoms with van der Waals surface area (Å²) in [6, 6.07) is 9.89. The van der Waals surface area contributed by atoms with E-state index in [1.54, 1.807) is 37.3 Å². The standard InChI is InChI=1S/C18H19Cl3N2O3S/c1-2-26-17-6-4-14(20)12-18(17)27(24,25)23-9-7-22(8-10-23)16-11-13(19)3-5-15(16)21/h3-6,11-12H,2,7-10H2,1H3. The fraction of sp³-hybridized carbons (Fsp3) is 0.333. The van der Waals surface area contributed by atoms with Gasteiger partial charge in [-0.05, 0) is 43.3 Å². The zero-order valence-corrected chi connectivity index (χ0v) is 17.7. The molecule has 1 aliphatic rings. The van der Waals surface area contributed by atoms with Crippen molar-refractivity contribution < 1.29 is 13.2 Å². The van der Waals surface area contributed by atoms with Crippen molar-refractivity contribution in [2.45, 2.75) is 11.8 Å². The Labute approximate surface area is 174 Å². The molecule has 1 fully saturated rings. The molecule has 9 heteroatoms. The highest BCUT2D eigenvalue weighted by Gasteiger charge is 2.31.